The molecule has 0 amide bonds. The van der Waals surface area contributed by atoms with Crippen LogP contribution in [-0.4, -0.2) is 23.0 Å². The van der Waals surface area contributed by atoms with Crippen LogP contribution in [0.2, 0.25) is 0 Å². The van der Waals surface area contributed by atoms with Gasteiger partial charge in [0.15, 0.2) is 0 Å². The van der Waals surface area contributed by atoms with Crippen molar-refractivity contribution < 1.29 is 0 Å². The lowest BCUT2D eigenvalue weighted by atomic mass is 9.68. The molecule has 0 bridgehead atoms. The first-order valence-corrected chi connectivity index (χ1v) is 7.03. The Kier molecular flexibility index (Phi) is 2.89. The third-order valence-electron chi connectivity index (χ3n) is 5.33. The van der Waals surface area contributed by atoms with E-state index in [4.69, 9.17) is 0 Å². The van der Waals surface area contributed by atoms with E-state index < -0.39 is 0 Å². The normalized spacial score (nSPS) is 40.7. The highest BCUT2D eigenvalue weighted by molar-refractivity contribution is 5.09. The van der Waals surface area contributed by atoms with Crippen molar-refractivity contribution in [3.8, 4) is 0 Å². The summed E-state index contributed by atoms with van der Waals surface area (Å²) >= 11 is 0. The van der Waals surface area contributed by atoms with E-state index >= 15 is 0 Å². The molecular weight excluding hydrogens is 194 g/mol. The highest BCUT2D eigenvalue weighted by Crippen LogP contribution is 2.55. The molecular formula is C15H29N. The second-order valence-corrected chi connectivity index (χ2v) is 7.58. The first-order valence-electron chi connectivity index (χ1n) is 7.03. The fourth-order valence-electron chi connectivity index (χ4n) is 3.94. The largest absolute Gasteiger partial charge is 0.295 e. The van der Waals surface area contributed by atoms with E-state index in [-0.39, 0.29) is 0 Å². The van der Waals surface area contributed by atoms with Gasteiger partial charge in [-0.3, -0.25) is 4.90 Å². The molecule has 3 atom stereocenters. The Balaban J connectivity index is 2.00. The molecule has 1 saturated carbocycles. The van der Waals surface area contributed by atoms with Gasteiger partial charge in [0.2, 0.25) is 0 Å². The summed E-state index contributed by atoms with van der Waals surface area (Å²) in [6.45, 7) is 15.7. The predicted octanol–water partition coefficient (Wildman–Crippen LogP) is 3.93. The van der Waals surface area contributed by atoms with Gasteiger partial charge in [0.1, 0.15) is 0 Å². The topological polar surface area (TPSA) is 3.24 Å². The molecule has 1 aliphatic heterocycles. The van der Waals surface area contributed by atoms with Gasteiger partial charge in [0, 0.05) is 18.1 Å². The summed E-state index contributed by atoms with van der Waals surface area (Å²) in [5.41, 5.74) is 1.04. The summed E-state index contributed by atoms with van der Waals surface area (Å²) in [7, 11) is 0. The maximum absolute atomic E-state index is 2.69. The minimum atomic E-state index is 0.362. The van der Waals surface area contributed by atoms with Crippen molar-refractivity contribution in [1.29, 1.82) is 0 Å². The molecule has 0 aromatic heterocycles. The summed E-state index contributed by atoms with van der Waals surface area (Å²) < 4.78 is 0. The second-order valence-electron chi connectivity index (χ2n) is 7.58. The van der Waals surface area contributed by atoms with Gasteiger partial charge in [-0.05, 0) is 64.2 Å². The highest BCUT2D eigenvalue weighted by Gasteiger charge is 2.56. The number of nitrogens with zero attached hydrogens (tertiary/aromatic N) is 1. The lowest BCUT2D eigenvalue weighted by molar-refractivity contribution is -0.115. The molecule has 1 saturated heterocycles. The first kappa shape index (κ1) is 12.4. The van der Waals surface area contributed by atoms with Gasteiger partial charge in [-0.2, -0.15) is 0 Å². The van der Waals surface area contributed by atoms with Gasteiger partial charge in [-0.1, -0.05) is 13.8 Å². The molecule has 1 nitrogen and oxygen atoms in total. The lowest BCUT2D eigenvalue weighted by Gasteiger charge is -2.60. The lowest BCUT2D eigenvalue weighted by Crippen LogP contribution is -2.67. The van der Waals surface area contributed by atoms with Crippen molar-refractivity contribution in [2.24, 2.45) is 17.3 Å². The number of hydrogen-bond donors (Lipinski definition) is 0. The van der Waals surface area contributed by atoms with Crippen LogP contribution in [0, 0.1) is 17.3 Å². The number of hydrogen-bond acceptors (Lipinski definition) is 1. The van der Waals surface area contributed by atoms with E-state index in [0.29, 0.717) is 11.0 Å². The Morgan fingerprint density at radius 3 is 2.25 bits per heavy atom. The average molecular weight is 223 g/mol. The van der Waals surface area contributed by atoms with Crippen molar-refractivity contribution in [2.75, 3.05) is 6.54 Å². The molecule has 94 valence electrons. The summed E-state index contributed by atoms with van der Waals surface area (Å²) in [5.74, 6) is 1.87. The Morgan fingerprint density at radius 1 is 1.25 bits per heavy atom. The van der Waals surface area contributed by atoms with E-state index in [9.17, 15) is 0 Å². The second kappa shape index (κ2) is 3.73. The highest BCUT2D eigenvalue weighted by atomic mass is 15.3. The van der Waals surface area contributed by atoms with Crippen LogP contribution in [-0.2, 0) is 0 Å². The standard InChI is InChI=1S/C15H29N/c1-11(2)13-7-8-15(9-13)10-16(12(15)3)14(4,5)6/h11-13H,7-10H2,1-6H3. The third kappa shape index (κ3) is 1.81. The molecule has 0 radical (unpaired) electrons. The third-order valence-corrected chi connectivity index (χ3v) is 5.33. The van der Waals surface area contributed by atoms with Gasteiger partial charge in [-0.15, -0.1) is 0 Å². The van der Waals surface area contributed by atoms with Crippen LogP contribution >= 0.6 is 0 Å². The van der Waals surface area contributed by atoms with Crippen molar-refractivity contribution in [3.63, 3.8) is 0 Å². The molecule has 0 N–H and O–H groups in total. The van der Waals surface area contributed by atoms with E-state index in [1.165, 1.54) is 25.8 Å². The number of rotatable bonds is 1. The van der Waals surface area contributed by atoms with E-state index in [1.807, 2.05) is 0 Å². The molecule has 2 rings (SSSR count). The van der Waals surface area contributed by atoms with Gasteiger partial charge in [-0.25, -0.2) is 0 Å². The van der Waals surface area contributed by atoms with E-state index in [0.717, 1.165) is 17.9 Å². The Labute approximate surface area is 102 Å². The molecule has 2 fully saturated rings. The van der Waals surface area contributed by atoms with Crippen molar-refractivity contribution in [2.45, 2.75) is 72.4 Å². The van der Waals surface area contributed by atoms with E-state index in [1.54, 1.807) is 0 Å². The molecule has 1 heteroatoms. The molecule has 1 aliphatic carbocycles. The van der Waals surface area contributed by atoms with Crippen LogP contribution in [0.3, 0.4) is 0 Å². The zero-order valence-corrected chi connectivity index (χ0v) is 12.0. The molecule has 2 aliphatic rings. The van der Waals surface area contributed by atoms with Crippen molar-refractivity contribution in [1.82, 2.24) is 4.90 Å². The molecule has 3 unspecified atom stereocenters. The fraction of sp³-hybridized carbons (Fsp3) is 1.00. The summed E-state index contributed by atoms with van der Waals surface area (Å²) in [6, 6.07) is 0.802. The zero-order chi connectivity index (χ0) is 12.1. The maximum atomic E-state index is 2.69. The molecule has 16 heavy (non-hydrogen) atoms. The van der Waals surface area contributed by atoms with Crippen LogP contribution in [0.15, 0.2) is 0 Å². The van der Waals surface area contributed by atoms with Crippen molar-refractivity contribution >= 4 is 0 Å². The van der Waals surface area contributed by atoms with Gasteiger partial charge >= 0.3 is 0 Å². The maximum Gasteiger partial charge on any atom is 0.0141 e. The van der Waals surface area contributed by atoms with Crippen LogP contribution in [0.4, 0.5) is 0 Å². The quantitative estimate of drug-likeness (QED) is 0.651. The molecule has 0 aromatic rings. The van der Waals surface area contributed by atoms with E-state index in [2.05, 4.69) is 46.4 Å². The fourth-order valence-corrected chi connectivity index (χ4v) is 3.94. The number of likely N-dealkylation sites (tertiary alicyclic amines) is 1. The first-order chi connectivity index (χ1) is 7.26. The zero-order valence-electron chi connectivity index (χ0n) is 12.0. The van der Waals surface area contributed by atoms with Crippen LogP contribution < -0.4 is 0 Å². The van der Waals surface area contributed by atoms with Crippen molar-refractivity contribution in [3.05, 3.63) is 0 Å². The monoisotopic (exact) mass is 223 g/mol. The summed E-state index contributed by atoms with van der Waals surface area (Å²) in [6.07, 6.45) is 4.43. The Bertz CT molecular complexity index is 263. The predicted molar refractivity (Wildman–Crippen MR) is 70.5 cm³/mol. The minimum absolute atomic E-state index is 0.362. The molecule has 0 aromatic carbocycles. The summed E-state index contributed by atoms with van der Waals surface area (Å²) in [4.78, 5) is 2.69. The van der Waals surface area contributed by atoms with Gasteiger partial charge in [0.05, 0.1) is 0 Å². The average Bonchev–Trinajstić information content (AvgIpc) is 2.59. The molecule has 1 spiro atoms. The molecule has 1 heterocycles. The summed E-state index contributed by atoms with van der Waals surface area (Å²) in [5, 5.41) is 0. The Morgan fingerprint density at radius 2 is 1.88 bits per heavy atom. The Hall–Kier alpha value is -0.0400. The van der Waals surface area contributed by atoms with Crippen LogP contribution in [0.5, 0.6) is 0 Å². The van der Waals surface area contributed by atoms with Gasteiger partial charge in [0.25, 0.3) is 0 Å². The van der Waals surface area contributed by atoms with Crippen LogP contribution in [0.25, 0.3) is 0 Å². The van der Waals surface area contributed by atoms with Crippen LogP contribution in [0.1, 0.15) is 60.8 Å². The smallest absolute Gasteiger partial charge is 0.0141 e. The SMILES string of the molecule is CC(C)C1CCC2(C1)CN(C(C)(C)C)C2C. The minimum Gasteiger partial charge on any atom is -0.295 e. The van der Waals surface area contributed by atoms with Gasteiger partial charge < -0.3 is 0 Å².